The average Bonchev–Trinajstić information content (AvgIpc) is 2.20. The monoisotopic (exact) mass is 200 g/mol. The minimum atomic E-state index is -1.10. The van der Waals surface area contributed by atoms with Gasteiger partial charge < -0.3 is 14.9 Å². The molecule has 0 fully saturated rings. The van der Waals surface area contributed by atoms with E-state index in [4.69, 9.17) is 9.84 Å². The molecule has 0 saturated carbocycles. The summed E-state index contributed by atoms with van der Waals surface area (Å²) < 4.78 is 18.0. The Hall–Kier alpha value is -1.13. The quantitative estimate of drug-likeness (QED) is 0.769. The molecule has 2 N–H and O–H groups in total. The van der Waals surface area contributed by atoms with Crippen molar-refractivity contribution in [3.63, 3.8) is 0 Å². The van der Waals surface area contributed by atoms with E-state index in [1.807, 2.05) is 0 Å². The van der Waals surface area contributed by atoms with Crippen LogP contribution in [-0.4, -0.2) is 23.4 Å². The first kappa shape index (κ1) is 10.9. The summed E-state index contributed by atoms with van der Waals surface area (Å²) in [5, 5.41) is 18.1. The van der Waals surface area contributed by atoms with Crippen molar-refractivity contribution in [3.8, 4) is 5.75 Å². The summed E-state index contributed by atoms with van der Waals surface area (Å²) >= 11 is 0. The Morgan fingerprint density at radius 3 is 2.79 bits per heavy atom. The highest BCUT2D eigenvalue weighted by Crippen LogP contribution is 2.25. The van der Waals surface area contributed by atoms with Crippen LogP contribution in [0.4, 0.5) is 4.39 Å². The Balaban J connectivity index is 3.02. The second kappa shape index (κ2) is 4.93. The van der Waals surface area contributed by atoms with Gasteiger partial charge in [-0.05, 0) is 25.1 Å². The Morgan fingerprint density at radius 1 is 1.50 bits per heavy atom. The third kappa shape index (κ3) is 2.43. The van der Waals surface area contributed by atoms with Gasteiger partial charge in [-0.1, -0.05) is 0 Å². The van der Waals surface area contributed by atoms with Gasteiger partial charge in [0.25, 0.3) is 0 Å². The Bertz CT molecular complexity index is 301. The molecule has 0 aliphatic rings. The van der Waals surface area contributed by atoms with Crippen LogP contribution in [-0.2, 0) is 0 Å². The van der Waals surface area contributed by atoms with Gasteiger partial charge in [0.1, 0.15) is 17.7 Å². The molecular weight excluding hydrogens is 187 g/mol. The second-order valence-electron chi connectivity index (χ2n) is 2.81. The van der Waals surface area contributed by atoms with Gasteiger partial charge in [-0.2, -0.15) is 0 Å². The number of hydrogen-bond acceptors (Lipinski definition) is 3. The van der Waals surface area contributed by atoms with Gasteiger partial charge >= 0.3 is 0 Å². The summed E-state index contributed by atoms with van der Waals surface area (Å²) in [6.45, 7) is 1.76. The molecule has 4 heteroatoms. The van der Waals surface area contributed by atoms with Gasteiger partial charge in [0.15, 0.2) is 0 Å². The lowest BCUT2D eigenvalue weighted by molar-refractivity contribution is 0.0925. The number of benzene rings is 1. The van der Waals surface area contributed by atoms with E-state index in [1.54, 1.807) is 6.92 Å². The maximum Gasteiger partial charge on any atom is 0.125 e. The number of ether oxygens (including phenoxy) is 1. The predicted octanol–water partition coefficient (Wildman–Crippen LogP) is 1.25. The number of rotatable bonds is 4. The minimum absolute atomic E-state index is 0.273. The van der Waals surface area contributed by atoms with Crippen molar-refractivity contribution in [1.82, 2.24) is 0 Å². The standard InChI is InChI=1S/C10H13FO3/c1-2-14-10-4-3-7(11)5-8(10)9(13)6-12/h3-5,9,12-13H,2,6H2,1H3. The van der Waals surface area contributed by atoms with E-state index in [1.165, 1.54) is 12.1 Å². The molecular formula is C10H13FO3. The van der Waals surface area contributed by atoms with Gasteiger partial charge in [0.2, 0.25) is 0 Å². The van der Waals surface area contributed by atoms with Crippen molar-refractivity contribution in [2.24, 2.45) is 0 Å². The molecule has 0 amide bonds. The first-order valence-corrected chi connectivity index (χ1v) is 4.40. The summed E-state index contributed by atoms with van der Waals surface area (Å²) in [5.41, 5.74) is 0.273. The van der Waals surface area contributed by atoms with Crippen LogP contribution >= 0.6 is 0 Å². The molecule has 0 aromatic heterocycles. The van der Waals surface area contributed by atoms with Crippen LogP contribution < -0.4 is 4.74 Å². The second-order valence-corrected chi connectivity index (χ2v) is 2.81. The molecule has 1 rings (SSSR count). The topological polar surface area (TPSA) is 49.7 Å². The zero-order chi connectivity index (χ0) is 10.6. The molecule has 1 aromatic rings. The van der Waals surface area contributed by atoms with Crippen LogP contribution in [0, 0.1) is 5.82 Å². The summed E-state index contributed by atoms with van der Waals surface area (Å²) in [7, 11) is 0. The summed E-state index contributed by atoms with van der Waals surface area (Å²) in [6.07, 6.45) is -1.10. The van der Waals surface area contributed by atoms with Crippen molar-refractivity contribution in [1.29, 1.82) is 0 Å². The molecule has 0 heterocycles. The molecule has 0 saturated heterocycles. The molecule has 3 nitrogen and oxygen atoms in total. The number of halogens is 1. The van der Waals surface area contributed by atoms with Crippen molar-refractivity contribution in [2.45, 2.75) is 13.0 Å². The van der Waals surface area contributed by atoms with Crippen molar-refractivity contribution in [3.05, 3.63) is 29.6 Å². The Morgan fingerprint density at radius 2 is 2.21 bits per heavy atom. The average molecular weight is 200 g/mol. The van der Waals surface area contributed by atoms with Crippen LogP contribution in [0.3, 0.4) is 0 Å². The SMILES string of the molecule is CCOc1ccc(F)cc1C(O)CO. The smallest absolute Gasteiger partial charge is 0.125 e. The zero-order valence-corrected chi connectivity index (χ0v) is 7.90. The fraction of sp³-hybridized carbons (Fsp3) is 0.400. The number of aliphatic hydroxyl groups excluding tert-OH is 2. The van der Waals surface area contributed by atoms with E-state index >= 15 is 0 Å². The molecule has 0 aliphatic carbocycles. The molecule has 0 spiro atoms. The van der Waals surface area contributed by atoms with E-state index in [9.17, 15) is 9.50 Å². The number of aliphatic hydroxyl groups is 2. The molecule has 1 unspecified atom stereocenters. The van der Waals surface area contributed by atoms with E-state index in [0.717, 1.165) is 6.07 Å². The van der Waals surface area contributed by atoms with E-state index in [-0.39, 0.29) is 5.56 Å². The first-order valence-electron chi connectivity index (χ1n) is 4.40. The highest BCUT2D eigenvalue weighted by molar-refractivity contribution is 5.35. The summed E-state index contributed by atoms with van der Waals surface area (Å²) in [5.74, 6) is -0.0635. The van der Waals surface area contributed by atoms with Crippen molar-refractivity contribution in [2.75, 3.05) is 13.2 Å². The molecule has 1 atom stereocenters. The summed E-state index contributed by atoms with van der Waals surface area (Å²) in [4.78, 5) is 0. The molecule has 0 radical (unpaired) electrons. The minimum Gasteiger partial charge on any atom is -0.493 e. The summed E-state index contributed by atoms with van der Waals surface area (Å²) in [6, 6.07) is 3.84. The largest absolute Gasteiger partial charge is 0.493 e. The third-order valence-corrected chi connectivity index (χ3v) is 1.80. The fourth-order valence-corrected chi connectivity index (χ4v) is 1.17. The lowest BCUT2D eigenvalue weighted by Gasteiger charge is -2.13. The van der Waals surface area contributed by atoms with Gasteiger partial charge in [0.05, 0.1) is 13.2 Å². The van der Waals surface area contributed by atoms with Crippen LogP contribution in [0.25, 0.3) is 0 Å². The first-order chi connectivity index (χ1) is 6.69. The van der Waals surface area contributed by atoms with Crippen LogP contribution in [0.15, 0.2) is 18.2 Å². The van der Waals surface area contributed by atoms with Crippen molar-refractivity contribution >= 4 is 0 Å². The van der Waals surface area contributed by atoms with Crippen molar-refractivity contribution < 1.29 is 19.3 Å². The number of hydrogen-bond donors (Lipinski definition) is 2. The maximum atomic E-state index is 12.8. The lowest BCUT2D eigenvalue weighted by atomic mass is 10.1. The van der Waals surface area contributed by atoms with E-state index < -0.39 is 18.5 Å². The maximum absolute atomic E-state index is 12.8. The highest BCUT2D eigenvalue weighted by Gasteiger charge is 2.13. The predicted molar refractivity (Wildman–Crippen MR) is 49.6 cm³/mol. The Kier molecular flexibility index (Phi) is 3.85. The van der Waals surface area contributed by atoms with E-state index in [2.05, 4.69) is 0 Å². The van der Waals surface area contributed by atoms with Crippen LogP contribution in [0.5, 0.6) is 5.75 Å². The zero-order valence-electron chi connectivity index (χ0n) is 7.90. The van der Waals surface area contributed by atoms with E-state index in [0.29, 0.717) is 12.4 Å². The normalized spacial score (nSPS) is 12.6. The Labute approximate surface area is 81.8 Å². The highest BCUT2D eigenvalue weighted by atomic mass is 19.1. The molecule has 0 aliphatic heterocycles. The molecule has 14 heavy (non-hydrogen) atoms. The van der Waals surface area contributed by atoms with Gasteiger partial charge in [-0.25, -0.2) is 4.39 Å². The van der Waals surface area contributed by atoms with Gasteiger partial charge in [-0.15, -0.1) is 0 Å². The van der Waals surface area contributed by atoms with Gasteiger partial charge in [0, 0.05) is 5.56 Å². The van der Waals surface area contributed by atoms with Crippen LogP contribution in [0.2, 0.25) is 0 Å². The molecule has 0 bridgehead atoms. The van der Waals surface area contributed by atoms with Gasteiger partial charge in [-0.3, -0.25) is 0 Å². The molecule has 1 aromatic carbocycles. The van der Waals surface area contributed by atoms with Crippen LogP contribution in [0.1, 0.15) is 18.6 Å². The molecule has 78 valence electrons. The fourth-order valence-electron chi connectivity index (χ4n) is 1.17. The lowest BCUT2D eigenvalue weighted by Crippen LogP contribution is -2.06. The third-order valence-electron chi connectivity index (χ3n) is 1.80.